The maximum absolute atomic E-state index is 12.7. The summed E-state index contributed by atoms with van der Waals surface area (Å²) in [7, 11) is 1.73. The molecule has 0 atom stereocenters. The third-order valence-electron chi connectivity index (χ3n) is 4.15. The van der Waals surface area contributed by atoms with Crippen molar-refractivity contribution in [3.8, 4) is 29.5 Å². The van der Waals surface area contributed by atoms with E-state index >= 15 is 0 Å². The van der Waals surface area contributed by atoms with Gasteiger partial charge in [-0.15, -0.1) is 6.42 Å². The molecule has 0 aliphatic heterocycles. The third kappa shape index (κ3) is 4.36. The van der Waals surface area contributed by atoms with Crippen LogP contribution in [0.25, 0.3) is 11.5 Å². The van der Waals surface area contributed by atoms with Crippen molar-refractivity contribution in [3.63, 3.8) is 0 Å². The second kappa shape index (κ2) is 8.24. The lowest BCUT2D eigenvalue weighted by atomic mass is 10.2. The van der Waals surface area contributed by atoms with Gasteiger partial charge >= 0.3 is 0 Å². The van der Waals surface area contributed by atoms with Crippen LogP contribution in [-0.4, -0.2) is 24.5 Å². The largest absolute Gasteiger partial charge is 0.481 e. The van der Waals surface area contributed by atoms with Gasteiger partial charge in [0.1, 0.15) is 18.1 Å². The Morgan fingerprint density at radius 1 is 1.19 bits per heavy atom. The van der Waals surface area contributed by atoms with Crippen LogP contribution in [0.15, 0.2) is 59.0 Å². The number of terminal acetylenes is 1. The van der Waals surface area contributed by atoms with Crippen LogP contribution in [0.3, 0.4) is 0 Å². The SMILES string of the molecule is C#CCOc1ccc(N(C)C(=O)Cc2nc(-c3ccccc3)oc2C)cc1. The summed E-state index contributed by atoms with van der Waals surface area (Å²) < 4.78 is 11.1. The molecule has 0 aliphatic rings. The van der Waals surface area contributed by atoms with Gasteiger partial charge in [-0.2, -0.15) is 0 Å². The van der Waals surface area contributed by atoms with Crippen molar-refractivity contribution in [2.24, 2.45) is 0 Å². The van der Waals surface area contributed by atoms with Crippen LogP contribution in [0.2, 0.25) is 0 Å². The van der Waals surface area contributed by atoms with E-state index in [1.54, 1.807) is 24.1 Å². The number of nitrogens with zero attached hydrogens (tertiary/aromatic N) is 2. The minimum atomic E-state index is -0.0803. The van der Waals surface area contributed by atoms with Gasteiger partial charge in [0.15, 0.2) is 0 Å². The Labute approximate surface area is 158 Å². The van der Waals surface area contributed by atoms with E-state index in [1.807, 2.05) is 49.4 Å². The maximum Gasteiger partial charge on any atom is 0.232 e. The third-order valence-corrected chi connectivity index (χ3v) is 4.15. The van der Waals surface area contributed by atoms with Crippen LogP contribution in [0.4, 0.5) is 5.69 Å². The molecule has 0 fully saturated rings. The minimum Gasteiger partial charge on any atom is -0.481 e. The maximum atomic E-state index is 12.7. The van der Waals surface area contributed by atoms with Gasteiger partial charge in [-0.25, -0.2) is 4.98 Å². The van der Waals surface area contributed by atoms with Gasteiger partial charge in [0.25, 0.3) is 0 Å². The number of aryl methyl sites for hydroxylation is 1. The van der Waals surface area contributed by atoms with Crippen LogP contribution in [0.5, 0.6) is 5.75 Å². The Hall–Kier alpha value is -3.52. The molecule has 136 valence electrons. The zero-order valence-corrected chi connectivity index (χ0v) is 15.3. The second-order valence-corrected chi connectivity index (χ2v) is 6.00. The number of aromatic nitrogens is 1. The number of amides is 1. The highest BCUT2D eigenvalue weighted by Crippen LogP contribution is 2.23. The number of ether oxygens (including phenoxy) is 1. The molecule has 0 radical (unpaired) electrons. The first kappa shape index (κ1) is 18.3. The fourth-order valence-electron chi connectivity index (χ4n) is 2.59. The Morgan fingerprint density at radius 3 is 2.56 bits per heavy atom. The predicted molar refractivity (Wildman–Crippen MR) is 105 cm³/mol. The molecule has 27 heavy (non-hydrogen) atoms. The highest BCUT2D eigenvalue weighted by molar-refractivity contribution is 5.94. The normalized spacial score (nSPS) is 10.3. The van der Waals surface area contributed by atoms with E-state index < -0.39 is 0 Å². The van der Waals surface area contributed by atoms with E-state index in [-0.39, 0.29) is 18.9 Å². The summed E-state index contributed by atoms with van der Waals surface area (Å²) in [5.74, 6) is 4.17. The number of carbonyl (C=O) groups excluding carboxylic acids is 1. The van der Waals surface area contributed by atoms with Crippen molar-refractivity contribution >= 4 is 11.6 Å². The number of benzene rings is 2. The molecule has 0 N–H and O–H groups in total. The molecule has 1 aromatic heterocycles. The first-order valence-electron chi connectivity index (χ1n) is 8.53. The topological polar surface area (TPSA) is 55.6 Å². The van der Waals surface area contributed by atoms with Gasteiger partial charge in [-0.1, -0.05) is 24.1 Å². The van der Waals surface area contributed by atoms with Gasteiger partial charge < -0.3 is 14.1 Å². The summed E-state index contributed by atoms with van der Waals surface area (Å²) in [5.41, 5.74) is 2.28. The number of likely N-dealkylation sites (N-methyl/N-ethyl adjacent to an activating group) is 1. The molecule has 5 nitrogen and oxygen atoms in total. The van der Waals surface area contributed by atoms with E-state index in [9.17, 15) is 4.79 Å². The molecule has 5 heteroatoms. The zero-order chi connectivity index (χ0) is 19.2. The fourth-order valence-corrected chi connectivity index (χ4v) is 2.59. The second-order valence-electron chi connectivity index (χ2n) is 6.00. The van der Waals surface area contributed by atoms with Crippen LogP contribution in [0, 0.1) is 19.3 Å². The molecule has 3 rings (SSSR count). The van der Waals surface area contributed by atoms with E-state index in [2.05, 4.69) is 10.9 Å². The highest BCUT2D eigenvalue weighted by Gasteiger charge is 2.18. The van der Waals surface area contributed by atoms with Crippen molar-refractivity contribution in [1.29, 1.82) is 0 Å². The average Bonchev–Trinajstić information content (AvgIpc) is 3.07. The number of hydrogen-bond acceptors (Lipinski definition) is 4. The highest BCUT2D eigenvalue weighted by atomic mass is 16.5. The predicted octanol–water partition coefficient (Wildman–Crippen LogP) is 3.87. The summed E-state index contributed by atoms with van der Waals surface area (Å²) in [6, 6.07) is 16.8. The summed E-state index contributed by atoms with van der Waals surface area (Å²) in [6.45, 7) is 2.03. The first-order chi connectivity index (χ1) is 13.1. The number of anilines is 1. The molecule has 0 bridgehead atoms. The molecule has 2 aromatic carbocycles. The minimum absolute atomic E-state index is 0.0803. The Bertz CT molecular complexity index is 953. The molecule has 3 aromatic rings. The molecule has 0 saturated carbocycles. The monoisotopic (exact) mass is 360 g/mol. The zero-order valence-electron chi connectivity index (χ0n) is 15.3. The lowest BCUT2D eigenvalue weighted by molar-refractivity contribution is -0.117. The van der Waals surface area contributed by atoms with Crippen LogP contribution >= 0.6 is 0 Å². The number of carbonyl (C=O) groups is 1. The molecule has 0 saturated heterocycles. The van der Waals surface area contributed by atoms with Crippen molar-refractivity contribution < 1.29 is 13.9 Å². The Kier molecular flexibility index (Phi) is 5.58. The van der Waals surface area contributed by atoms with E-state index in [0.717, 1.165) is 11.3 Å². The molecule has 0 aliphatic carbocycles. The summed E-state index contributed by atoms with van der Waals surface area (Å²) >= 11 is 0. The lowest BCUT2D eigenvalue weighted by Crippen LogP contribution is -2.28. The van der Waals surface area contributed by atoms with Crippen molar-refractivity contribution in [3.05, 3.63) is 66.1 Å². The van der Waals surface area contributed by atoms with Crippen LogP contribution in [0.1, 0.15) is 11.5 Å². The Morgan fingerprint density at radius 2 is 1.89 bits per heavy atom. The smallest absolute Gasteiger partial charge is 0.232 e. The first-order valence-corrected chi connectivity index (χ1v) is 8.53. The standard InChI is InChI=1S/C22H20N2O3/c1-4-14-26-19-12-10-18(11-13-19)24(3)21(25)15-20-16(2)27-22(23-20)17-8-6-5-7-9-17/h1,5-13H,14-15H2,2-3H3. The van der Waals surface area contributed by atoms with Crippen LogP contribution < -0.4 is 9.64 Å². The molecular weight excluding hydrogens is 340 g/mol. The van der Waals surface area contributed by atoms with Gasteiger partial charge in [0, 0.05) is 18.3 Å². The summed E-state index contributed by atoms with van der Waals surface area (Å²) in [6.07, 6.45) is 5.34. The molecule has 1 heterocycles. The van der Waals surface area contributed by atoms with E-state index in [0.29, 0.717) is 23.1 Å². The molecule has 0 spiro atoms. The number of rotatable bonds is 6. The summed E-state index contributed by atoms with van der Waals surface area (Å²) in [5, 5.41) is 0. The quantitative estimate of drug-likeness (QED) is 0.626. The van der Waals surface area contributed by atoms with Gasteiger partial charge in [-0.3, -0.25) is 4.79 Å². The van der Waals surface area contributed by atoms with Gasteiger partial charge in [0.2, 0.25) is 11.8 Å². The molecule has 1 amide bonds. The van der Waals surface area contributed by atoms with Crippen molar-refractivity contribution in [2.75, 3.05) is 18.6 Å². The fraction of sp³-hybridized carbons (Fsp3) is 0.182. The average molecular weight is 360 g/mol. The lowest BCUT2D eigenvalue weighted by Gasteiger charge is -2.17. The van der Waals surface area contributed by atoms with Crippen LogP contribution in [-0.2, 0) is 11.2 Å². The molecular formula is C22H20N2O3. The summed E-state index contributed by atoms with van der Waals surface area (Å²) in [4.78, 5) is 18.7. The van der Waals surface area contributed by atoms with E-state index in [4.69, 9.17) is 15.6 Å². The van der Waals surface area contributed by atoms with Gasteiger partial charge in [-0.05, 0) is 43.3 Å². The van der Waals surface area contributed by atoms with Gasteiger partial charge in [0.05, 0.1) is 12.1 Å². The van der Waals surface area contributed by atoms with E-state index in [1.165, 1.54) is 0 Å². The Balaban J connectivity index is 1.70. The van der Waals surface area contributed by atoms with Crippen molar-refractivity contribution in [2.45, 2.75) is 13.3 Å². The molecule has 0 unspecified atom stereocenters. The number of hydrogen-bond donors (Lipinski definition) is 0. The van der Waals surface area contributed by atoms with Crippen molar-refractivity contribution in [1.82, 2.24) is 4.98 Å². The number of oxazole rings is 1.